The molecule has 1 fully saturated rings. The van der Waals surface area contributed by atoms with Crippen molar-refractivity contribution in [3.8, 4) is 0 Å². The monoisotopic (exact) mass is 358 g/mol. The summed E-state index contributed by atoms with van der Waals surface area (Å²) in [5, 5.41) is 2.81. The standard InChI is InChI=1S/C19H19FN2O2S/c1-3-19(14-6-8-15(20)9-7-14)17(23)22(18(24)21-19)12-13-4-10-16(25-2)11-5-13/h4-11H,3,12H2,1-2H3,(H,21,24)/t19-/m0/s1. The fourth-order valence-electron chi connectivity index (χ4n) is 3.06. The number of benzene rings is 2. The SMILES string of the molecule is CC[C@@]1(c2ccc(F)cc2)NC(=O)N(Cc2ccc(SC)cc2)C1=O. The largest absolute Gasteiger partial charge is 0.325 e. The maximum absolute atomic E-state index is 13.2. The van der Waals surface area contributed by atoms with Crippen LogP contribution in [0.2, 0.25) is 0 Å². The highest BCUT2D eigenvalue weighted by Gasteiger charge is 2.51. The summed E-state index contributed by atoms with van der Waals surface area (Å²) in [4.78, 5) is 27.8. The second-order valence-corrected chi connectivity index (χ2v) is 6.81. The van der Waals surface area contributed by atoms with E-state index in [9.17, 15) is 14.0 Å². The van der Waals surface area contributed by atoms with Gasteiger partial charge in [0.15, 0.2) is 0 Å². The molecular formula is C19H19FN2O2S. The zero-order valence-electron chi connectivity index (χ0n) is 14.1. The molecule has 0 spiro atoms. The fraction of sp³-hybridized carbons (Fsp3) is 0.263. The van der Waals surface area contributed by atoms with Crippen molar-refractivity contribution in [2.45, 2.75) is 30.3 Å². The van der Waals surface area contributed by atoms with Crippen LogP contribution < -0.4 is 5.32 Å². The lowest BCUT2D eigenvalue weighted by Crippen LogP contribution is -2.43. The zero-order valence-corrected chi connectivity index (χ0v) is 14.9. The molecule has 2 aromatic rings. The summed E-state index contributed by atoms with van der Waals surface area (Å²) in [6.45, 7) is 2.04. The van der Waals surface area contributed by atoms with Crippen molar-refractivity contribution in [3.63, 3.8) is 0 Å². The van der Waals surface area contributed by atoms with Gasteiger partial charge in [-0.3, -0.25) is 9.69 Å². The van der Waals surface area contributed by atoms with Crippen molar-refractivity contribution in [3.05, 3.63) is 65.5 Å². The van der Waals surface area contributed by atoms with Gasteiger partial charge in [-0.05, 0) is 48.1 Å². The van der Waals surface area contributed by atoms with Crippen LogP contribution in [-0.4, -0.2) is 23.1 Å². The highest BCUT2D eigenvalue weighted by Crippen LogP contribution is 2.33. The zero-order chi connectivity index (χ0) is 18.0. The van der Waals surface area contributed by atoms with Crippen molar-refractivity contribution in [1.82, 2.24) is 10.2 Å². The molecule has 6 heteroatoms. The summed E-state index contributed by atoms with van der Waals surface area (Å²) in [6, 6.07) is 13.0. The van der Waals surface area contributed by atoms with Gasteiger partial charge in [0.25, 0.3) is 5.91 Å². The number of urea groups is 1. The number of carbonyl (C=O) groups excluding carboxylic acids is 2. The van der Waals surface area contributed by atoms with E-state index in [1.807, 2.05) is 37.4 Å². The molecule has 4 nitrogen and oxygen atoms in total. The molecule has 0 aliphatic carbocycles. The first kappa shape index (κ1) is 17.5. The molecule has 2 aromatic carbocycles. The van der Waals surface area contributed by atoms with Gasteiger partial charge in [-0.15, -0.1) is 11.8 Å². The van der Waals surface area contributed by atoms with Gasteiger partial charge >= 0.3 is 6.03 Å². The van der Waals surface area contributed by atoms with Gasteiger partial charge in [-0.1, -0.05) is 31.2 Å². The van der Waals surface area contributed by atoms with Crippen LogP contribution in [0, 0.1) is 5.82 Å². The number of hydrogen-bond donors (Lipinski definition) is 1. The van der Waals surface area contributed by atoms with Gasteiger partial charge in [-0.25, -0.2) is 9.18 Å². The predicted molar refractivity (Wildman–Crippen MR) is 95.7 cm³/mol. The lowest BCUT2D eigenvalue weighted by Gasteiger charge is -2.25. The van der Waals surface area contributed by atoms with E-state index >= 15 is 0 Å². The van der Waals surface area contributed by atoms with Crippen LogP contribution in [0.1, 0.15) is 24.5 Å². The Balaban J connectivity index is 1.88. The normalized spacial score (nSPS) is 20.0. The second-order valence-electron chi connectivity index (χ2n) is 5.94. The number of amides is 3. The molecule has 1 saturated heterocycles. The topological polar surface area (TPSA) is 49.4 Å². The molecule has 0 saturated carbocycles. The molecule has 3 amide bonds. The van der Waals surface area contributed by atoms with Crippen LogP contribution in [0.5, 0.6) is 0 Å². The van der Waals surface area contributed by atoms with E-state index in [2.05, 4.69) is 5.32 Å². The van der Waals surface area contributed by atoms with Gasteiger partial charge in [0.2, 0.25) is 0 Å². The van der Waals surface area contributed by atoms with Crippen molar-refractivity contribution in [1.29, 1.82) is 0 Å². The maximum atomic E-state index is 13.2. The van der Waals surface area contributed by atoms with Crippen LogP contribution in [-0.2, 0) is 16.9 Å². The molecule has 1 aliphatic heterocycles. The van der Waals surface area contributed by atoms with Crippen molar-refractivity contribution < 1.29 is 14.0 Å². The Bertz CT molecular complexity index is 792. The minimum Gasteiger partial charge on any atom is -0.319 e. The molecule has 25 heavy (non-hydrogen) atoms. The third kappa shape index (κ3) is 3.14. The van der Waals surface area contributed by atoms with Gasteiger partial charge in [-0.2, -0.15) is 0 Å². The van der Waals surface area contributed by atoms with Gasteiger partial charge in [0, 0.05) is 4.90 Å². The van der Waals surface area contributed by atoms with E-state index in [-0.39, 0.29) is 18.3 Å². The van der Waals surface area contributed by atoms with Crippen molar-refractivity contribution in [2.24, 2.45) is 0 Å². The van der Waals surface area contributed by atoms with E-state index in [0.29, 0.717) is 12.0 Å². The van der Waals surface area contributed by atoms with E-state index in [0.717, 1.165) is 10.5 Å². The van der Waals surface area contributed by atoms with Crippen molar-refractivity contribution >= 4 is 23.7 Å². The quantitative estimate of drug-likeness (QED) is 0.651. The smallest absolute Gasteiger partial charge is 0.319 e. The Morgan fingerprint density at radius 1 is 1.08 bits per heavy atom. The first-order valence-electron chi connectivity index (χ1n) is 8.03. The molecule has 0 bridgehead atoms. The third-order valence-electron chi connectivity index (χ3n) is 4.54. The molecule has 1 atom stereocenters. The summed E-state index contributed by atoms with van der Waals surface area (Å²) in [7, 11) is 0. The molecular weight excluding hydrogens is 339 g/mol. The average molecular weight is 358 g/mol. The highest BCUT2D eigenvalue weighted by molar-refractivity contribution is 7.98. The molecule has 1 aliphatic rings. The molecule has 0 unspecified atom stereocenters. The number of carbonyl (C=O) groups is 2. The maximum Gasteiger partial charge on any atom is 0.325 e. The number of nitrogens with zero attached hydrogens (tertiary/aromatic N) is 1. The Kier molecular flexibility index (Phi) is 4.81. The Labute approximate surface area is 150 Å². The minimum atomic E-state index is -1.13. The average Bonchev–Trinajstić information content (AvgIpc) is 2.88. The number of thioether (sulfide) groups is 1. The van der Waals surface area contributed by atoms with E-state index in [4.69, 9.17) is 0 Å². The van der Waals surface area contributed by atoms with Gasteiger partial charge in [0.1, 0.15) is 11.4 Å². The lowest BCUT2D eigenvalue weighted by atomic mass is 9.87. The summed E-state index contributed by atoms with van der Waals surface area (Å²) in [5.74, 6) is -0.682. The van der Waals surface area contributed by atoms with Gasteiger partial charge < -0.3 is 5.32 Å². The molecule has 1 heterocycles. The number of imide groups is 1. The fourth-order valence-corrected chi connectivity index (χ4v) is 3.47. The Hall–Kier alpha value is -2.34. The Morgan fingerprint density at radius 2 is 1.72 bits per heavy atom. The van der Waals surface area contributed by atoms with Crippen LogP contribution >= 0.6 is 11.8 Å². The number of rotatable bonds is 5. The molecule has 0 aromatic heterocycles. The van der Waals surface area contributed by atoms with Crippen molar-refractivity contribution in [2.75, 3.05) is 6.26 Å². The van der Waals surface area contributed by atoms with E-state index in [1.54, 1.807) is 23.9 Å². The van der Waals surface area contributed by atoms with Crippen LogP contribution in [0.3, 0.4) is 0 Å². The van der Waals surface area contributed by atoms with Crippen LogP contribution in [0.15, 0.2) is 53.4 Å². The van der Waals surface area contributed by atoms with Crippen LogP contribution in [0.25, 0.3) is 0 Å². The van der Waals surface area contributed by atoms with E-state index in [1.165, 1.54) is 17.0 Å². The molecule has 1 N–H and O–H groups in total. The predicted octanol–water partition coefficient (Wildman–Crippen LogP) is 3.90. The van der Waals surface area contributed by atoms with E-state index < -0.39 is 11.6 Å². The number of nitrogens with one attached hydrogen (secondary N) is 1. The first-order chi connectivity index (χ1) is 12.0. The third-order valence-corrected chi connectivity index (χ3v) is 5.29. The Morgan fingerprint density at radius 3 is 2.28 bits per heavy atom. The molecule has 130 valence electrons. The van der Waals surface area contributed by atoms with Gasteiger partial charge in [0.05, 0.1) is 6.54 Å². The number of halogens is 1. The summed E-state index contributed by atoms with van der Waals surface area (Å²) >= 11 is 1.63. The first-order valence-corrected chi connectivity index (χ1v) is 9.25. The molecule has 0 radical (unpaired) electrons. The summed E-state index contributed by atoms with van der Waals surface area (Å²) in [6.07, 6.45) is 2.38. The summed E-state index contributed by atoms with van der Waals surface area (Å²) < 4.78 is 13.2. The highest BCUT2D eigenvalue weighted by atomic mass is 32.2. The van der Waals surface area contributed by atoms with Crippen LogP contribution in [0.4, 0.5) is 9.18 Å². The lowest BCUT2D eigenvalue weighted by molar-refractivity contribution is -0.132. The summed E-state index contributed by atoms with van der Waals surface area (Å²) in [5.41, 5.74) is 0.339. The minimum absolute atomic E-state index is 0.211. The second kappa shape index (κ2) is 6.88. The molecule has 3 rings (SSSR count). The number of hydrogen-bond acceptors (Lipinski definition) is 3.